The van der Waals surface area contributed by atoms with Gasteiger partial charge in [0.1, 0.15) is 0 Å². The fraction of sp³-hybridized carbons (Fsp3) is 0. The van der Waals surface area contributed by atoms with Crippen LogP contribution in [0.3, 0.4) is 0 Å². The summed E-state index contributed by atoms with van der Waals surface area (Å²) in [7, 11) is 0. The van der Waals surface area contributed by atoms with Crippen LogP contribution in [0.2, 0.25) is 0 Å². The number of rotatable bonds is 0. The Labute approximate surface area is 134 Å². The molecule has 0 aromatic heterocycles. The molecule has 6 heteroatoms. The number of hydrogen-bond acceptors (Lipinski definition) is 0. The van der Waals surface area contributed by atoms with Crippen molar-refractivity contribution >= 4 is 32.5 Å². The van der Waals surface area contributed by atoms with Crippen LogP contribution in [0.25, 0.3) is 0 Å². The molecule has 0 aromatic carbocycles. The summed E-state index contributed by atoms with van der Waals surface area (Å²) < 4.78 is 0. The molecule has 6 heavy (non-hydrogen) atoms. The van der Waals surface area contributed by atoms with Crippen LogP contribution >= 0.6 is 32.5 Å². The van der Waals surface area contributed by atoms with Gasteiger partial charge in [0.25, 0.3) is 0 Å². The Morgan fingerprint density at radius 1 is 1.17 bits per heavy atom. The average molecular weight is 681 g/mol. The van der Waals surface area contributed by atoms with E-state index in [1.54, 1.807) is 20.2 Å². The summed E-state index contributed by atoms with van der Waals surface area (Å²) in [5.74, 6) is 0. The van der Waals surface area contributed by atoms with Crippen LogP contribution in [0.4, 0.5) is 0 Å². The third-order valence-corrected chi connectivity index (χ3v) is 0. The number of hydrogen-bond donors (Lipinski definition) is 0. The van der Waals surface area contributed by atoms with Crippen LogP contribution in [0.5, 0.6) is 0 Å². The molecule has 0 spiro atoms. The third kappa shape index (κ3) is 22.8. The summed E-state index contributed by atoms with van der Waals surface area (Å²) >= 11 is 7.32. The fourth-order valence-electron chi connectivity index (χ4n) is 0. The maximum atomic E-state index is 2.32. The van der Waals surface area contributed by atoms with E-state index in [2.05, 4.69) is 32.5 Å². The van der Waals surface area contributed by atoms with Gasteiger partial charge in [-0.1, -0.05) is 0 Å². The van der Waals surface area contributed by atoms with Crippen LogP contribution in [-0.2, 0) is 20.2 Å². The van der Waals surface area contributed by atoms with E-state index in [0.29, 0.717) is 0 Å². The summed E-state index contributed by atoms with van der Waals surface area (Å²) in [5.41, 5.74) is 0. The summed E-state index contributed by atoms with van der Waals surface area (Å²) in [4.78, 5) is 0. The van der Waals surface area contributed by atoms with E-state index in [0.717, 1.165) is 32.5 Å². The minimum atomic E-state index is 0. The number of halogens is 3. The Hall–Kier alpha value is 5.38. The molecule has 0 atom stereocenters. The second kappa shape index (κ2) is 31.5. The van der Waals surface area contributed by atoms with Gasteiger partial charge in [-0.2, -0.15) is 0 Å². The van der Waals surface area contributed by atoms with E-state index in [9.17, 15) is 0 Å². The van der Waals surface area contributed by atoms with Crippen molar-refractivity contribution in [1.82, 2.24) is 0 Å². The van der Waals surface area contributed by atoms with Gasteiger partial charge in [-0.25, -0.2) is 0 Å². The Morgan fingerprint density at radius 2 is 1.17 bits per heavy atom. The molecule has 0 bridgehead atoms. The average Bonchev–Trinajstić information content (AvgIpc) is 1.50. The van der Waals surface area contributed by atoms with Gasteiger partial charge in [0.15, 0.2) is 0 Å². The quantitative estimate of drug-likeness (QED) is 0.180. The molecule has 0 aliphatic carbocycles. The molecule has 0 rings (SSSR count). The van der Waals surface area contributed by atoms with Crippen molar-refractivity contribution in [3.63, 3.8) is 0 Å². The van der Waals surface area contributed by atoms with Crippen molar-refractivity contribution in [2.45, 2.75) is 0 Å². The van der Waals surface area contributed by atoms with Crippen molar-refractivity contribution in [3.8, 4) is 0 Å². The third-order valence-electron chi connectivity index (χ3n) is 0. The topological polar surface area (TPSA) is 0 Å². The van der Waals surface area contributed by atoms with Gasteiger partial charge in [-0.3, -0.25) is 0 Å². The minimum absolute atomic E-state index is 0. The van der Waals surface area contributed by atoms with Crippen LogP contribution in [0.15, 0.2) is 0 Å². The molecule has 0 aromatic rings. The molecule has 0 nitrogen and oxygen atoms in total. The van der Waals surface area contributed by atoms with Gasteiger partial charge in [0.05, 0.1) is 0 Å². The molecule has 0 saturated carbocycles. The molecule has 0 radical (unpaired) electrons. The van der Waals surface area contributed by atoms with Crippen LogP contribution in [0.1, 0.15) is 0 Å². The van der Waals surface area contributed by atoms with Gasteiger partial charge in [0.2, 0.25) is 0 Å². The fourth-order valence-corrected chi connectivity index (χ4v) is 0. The zero-order valence-corrected chi connectivity index (χ0v) is 17.6. The Morgan fingerprint density at radius 3 is 1.17 bits per heavy atom. The first-order valence-electron chi connectivity index (χ1n) is 0.407. The molecule has 0 heterocycles. The van der Waals surface area contributed by atoms with Gasteiger partial charge in [-0.05, 0) is 0 Å². The van der Waals surface area contributed by atoms with Crippen molar-refractivity contribution in [3.05, 3.63) is 0 Å². The molecule has 0 aliphatic heterocycles. The van der Waals surface area contributed by atoms with Gasteiger partial charge < -0.3 is 24.0 Å². The molecule has 0 unspecified atom stereocenters. The molecular weight excluding hydrogens is 681 g/mol. The molecule has 0 aliphatic rings. The predicted molar refractivity (Wildman–Crippen MR) is 28.0 cm³/mol. The summed E-state index contributed by atoms with van der Waals surface area (Å²) in [5, 5.41) is 0. The Balaban J connectivity index is -0.00000000500. The zero-order valence-electron chi connectivity index (χ0n) is 3.21. The van der Waals surface area contributed by atoms with Crippen molar-refractivity contribution < 1.29 is 106 Å². The van der Waals surface area contributed by atoms with Crippen LogP contribution in [-0.4, -0.2) is 0 Å². The molecular formula is I3NaScTh. The van der Waals surface area contributed by atoms with Gasteiger partial charge in [-0.15, -0.1) is 0 Å². The standard InChI is InChI=1S/3HI.Na.Sc.Th/h3*1H;;;/q;;;3*+1/p-3. The first-order chi connectivity index (χ1) is 2.00. The van der Waals surface area contributed by atoms with Gasteiger partial charge >= 0.3 is 115 Å². The summed E-state index contributed by atoms with van der Waals surface area (Å²) in [6, 6.07) is 0. The SMILES string of the molecule is [I-].[I][Th].[Na+].[Sc][I]. The van der Waals surface area contributed by atoms with Crippen molar-refractivity contribution in [1.29, 1.82) is 0 Å². The first-order valence-corrected chi connectivity index (χ1v) is 17.7. The van der Waals surface area contributed by atoms with Crippen LogP contribution < -0.4 is 53.5 Å². The summed E-state index contributed by atoms with van der Waals surface area (Å²) in [6.07, 6.45) is 0. The van der Waals surface area contributed by atoms with E-state index in [-0.39, 0.29) is 53.5 Å². The van der Waals surface area contributed by atoms with E-state index < -0.39 is 0 Å². The monoisotopic (exact) mass is 681 g/mol. The van der Waals surface area contributed by atoms with Crippen LogP contribution in [0, 0.1) is 32.5 Å². The first kappa shape index (κ1) is 22.5. The summed E-state index contributed by atoms with van der Waals surface area (Å²) in [6.45, 7) is 0. The molecule has 0 saturated heterocycles. The van der Waals surface area contributed by atoms with E-state index in [1.165, 1.54) is 0 Å². The predicted octanol–water partition coefficient (Wildman–Crippen LogP) is -4.22. The Bertz CT molecular complexity index is 10.8. The maximum absolute atomic E-state index is 2.32. The zero-order chi connectivity index (χ0) is 4.00. The molecule has 0 amide bonds. The van der Waals surface area contributed by atoms with Gasteiger partial charge in [0, 0.05) is 0 Å². The molecule has 0 N–H and O–H groups in total. The van der Waals surface area contributed by atoms with Crippen molar-refractivity contribution in [2.24, 2.45) is 0 Å². The normalized spacial score (nSPS) is 1.83. The van der Waals surface area contributed by atoms with E-state index in [4.69, 9.17) is 0 Å². The second-order valence-electron chi connectivity index (χ2n) is 0. The van der Waals surface area contributed by atoms with E-state index in [1.807, 2.05) is 0 Å². The second-order valence-corrected chi connectivity index (χ2v) is 0. The molecule has 29 valence electrons. The Kier molecular flexibility index (Phi) is 118. The molecule has 0 fully saturated rings. The van der Waals surface area contributed by atoms with Crippen molar-refractivity contribution in [2.75, 3.05) is 0 Å². The van der Waals surface area contributed by atoms with E-state index >= 15 is 0 Å².